The molecule has 4 nitrogen and oxygen atoms in total. The molecule has 0 aliphatic rings. The molecule has 0 atom stereocenters. The quantitative estimate of drug-likeness (QED) is 0.673. The maximum absolute atomic E-state index is 4.63. The minimum absolute atomic E-state index is 0.819. The molecule has 0 unspecified atom stereocenters. The van der Waals surface area contributed by atoms with Gasteiger partial charge in [-0.25, -0.2) is 9.97 Å². The molecule has 3 rings (SSSR count). The van der Waals surface area contributed by atoms with E-state index in [9.17, 15) is 0 Å². The number of hydrogen-bond acceptors (Lipinski definition) is 5. The molecule has 0 spiro atoms. The van der Waals surface area contributed by atoms with Gasteiger partial charge in [-0.15, -0.1) is 11.3 Å². The third-order valence-corrected chi connectivity index (χ3v) is 4.34. The van der Waals surface area contributed by atoms with Crippen molar-refractivity contribution < 1.29 is 0 Å². The van der Waals surface area contributed by atoms with Crippen LogP contribution in [0.3, 0.4) is 0 Å². The number of benzene rings is 1. The molecule has 0 aliphatic heterocycles. The van der Waals surface area contributed by atoms with Crippen LogP contribution in [0.5, 0.6) is 0 Å². The van der Waals surface area contributed by atoms with Crippen molar-refractivity contribution >= 4 is 33.1 Å². The van der Waals surface area contributed by atoms with Gasteiger partial charge in [-0.1, -0.05) is 25.1 Å². The van der Waals surface area contributed by atoms with E-state index in [2.05, 4.69) is 52.6 Å². The number of nitrogens with one attached hydrogen (secondary N) is 2. The molecule has 2 aromatic heterocycles. The van der Waals surface area contributed by atoms with Gasteiger partial charge in [0.15, 0.2) is 0 Å². The van der Waals surface area contributed by atoms with E-state index in [1.807, 2.05) is 18.2 Å². The fourth-order valence-corrected chi connectivity index (χ4v) is 3.22. The lowest BCUT2D eigenvalue weighted by Gasteiger charge is -2.10. The first-order valence-electron chi connectivity index (χ1n) is 7.56. The molecule has 1 aromatic carbocycles. The highest BCUT2D eigenvalue weighted by atomic mass is 32.1. The molecule has 0 saturated carbocycles. The number of rotatable bonds is 6. The maximum atomic E-state index is 4.63. The first kappa shape index (κ1) is 14.8. The van der Waals surface area contributed by atoms with Crippen molar-refractivity contribution in [1.82, 2.24) is 9.97 Å². The summed E-state index contributed by atoms with van der Waals surface area (Å²) in [5.74, 6) is 1.84. The lowest BCUT2D eigenvalue weighted by molar-refractivity contribution is 0.955. The standard InChI is InChI=1S/C17H20N4S/c1-3-15-20-16(14-11-12(2)22-17(14)21-15)19-10-9-18-13-7-5-4-6-8-13/h4-8,11,18H,3,9-10H2,1-2H3,(H,19,20,21). The first-order chi connectivity index (χ1) is 10.8. The lowest BCUT2D eigenvalue weighted by Crippen LogP contribution is -2.15. The van der Waals surface area contributed by atoms with Crippen LogP contribution in [0.25, 0.3) is 10.2 Å². The van der Waals surface area contributed by atoms with E-state index < -0.39 is 0 Å². The van der Waals surface area contributed by atoms with Gasteiger partial charge in [-0.3, -0.25) is 0 Å². The zero-order valence-electron chi connectivity index (χ0n) is 12.9. The molecular formula is C17H20N4S. The predicted octanol–water partition coefficient (Wildman–Crippen LogP) is 4.09. The van der Waals surface area contributed by atoms with E-state index in [0.717, 1.165) is 47.1 Å². The molecule has 3 aromatic rings. The second-order valence-corrected chi connectivity index (χ2v) is 6.37. The highest BCUT2D eigenvalue weighted by Gasteiger charge is 2.09. The maximum Gasteiger partial charge on any atom is 0.138 e. The second-order valence-electron chi connectivity index (χ2n) is 5.14. The van der Waals surface area contributed by atoms with Crippen molar-refractivity contribution in [3.63, 3.8) is 0 Å². The summed E-state index contributed by atoms with van der Waals surface area (Å²) in [7, 11) is 0. The normalized spacial score (nSPS) is 10.8. The van der Waals surface area contributed by atoms with E-state index in [-0.39, 0.29) is 0 Å². The third kappa shape index (κ3) is 3.36. The van der Waals surface area contributed by atoms with Crippen LogP contribution in [0.4, 0.5) is 11.5 Å². The number of para-hydroxylation sites is 1. The van der Waals surface area contributed by atoms with Crippen LogP contribution in [-0.2, 0) is 6.42 Å². The molecule has 2 heterocycles. The molecular weight excluding hydrogens is 292 g/mol. The van der Waals surface area contributed by atoms with Crippen molar-refractivity contribution in [2.24, 2.45) is 0 Å². The Morgan fingerprint density at radius 1 is 1.05 bits per heavy atom. The number of thiophene rings is 1. The summed E-state index contributed by atoms with van der Waals surface area (Å²) in [6, 6.07) is 12.4. The summed E-state index contributed by atoms with van der Waals surface area (Å²) < 4.78 is 0. The van der Waals surface area contributed by atoms with Crippen LogP contribution in [0.15, 0.2) is 36.4 Å². The van der Waals surface area contributed by atoms with Gasteiger partial charge in [0, 0.05) is 30.1 Å². The Morgan fingerprint density at radius 2 is 1.82 bits per heavy atom. The molecule has 0 fully saturated rings. The van der Waals surface area contributed by atoms with Gasteiger partial charge >= 0.3 is 0 Å². The van der Waals surface area contributed by atoms with Crippen LogP contribution >= 0.6 is 11.3 Å². The number of fused-ring (bicyclic) bond motifs is 1. The molecule has 2 N–H and O–H groups in total. The van der Waals surface area contributed by atoms with E-state index in [1.54, 1.807) is 11.3 Å². The fourth-order valence-electron chi connectivity index (χ4n) is 2.32. The zero-order valence-corrected chi connectivity index (χ0v) is 13.7. The molecule has 114 valence electrons. The monoisotopic (exact) mass is 312 g/mol. The Bertz CT molecular complexity index is 752. The number of anilines is 2. The molecule has 22 heavy (non-hydrogen) atoms. The van der Waals surface area contributed by atoms with Crippen LogP contribution in [0, 0.1) is 6.92 Å². The SMILES string of the molecule is CCc1nc(NCCNc2ccccc2)c2cc(C)sc2n1. The van der Waals surface area contributed by atoms with Gasteiger partial charge in [-0.05, 0) is 25.1 Å². The Morgan fingerprint density at radius 3 is 2.59 bits per heavy atom. The van der Waals surface area contributed by atoms with Crippen LogP contribution in [0.1, 0.15) is 17.6 Å². The van der Waals surface area contributed by atoms with Gasteiger partial charge in [0.25, 0.3) is 0 Å². The number of hydrogen-bond donors (Lipinski definition) is 2. The molecule has 5 heteroatoms. The van der Waals surface area contributed by atoms with Crippen molar-refractivity contribution in [3.05, 3.63) is 47.1 Å². The van der Waals surface area contributed by atoms with Gasteiger partial charge < -0.3 is 10.6 Å². The van der Waals surface area contributed by atoms with Crippen LogP contribution in [0.2, 0.25) is 0 Å². The summed E-state index contributed by atoms with van der Waals surface area (Å²) in [4.78, 5) is 11.6. The first-order valence-corrected chi connectivity index (χ1v) is 8.37. The second kappa shape index (κ2) is 6.75. The number of nitrogens with zero attached hydrogens (tertiary/aromatic N) is 2. The van der Waals surface area contributed by atoms with E-state index in [0.29, 0.717) is 0 Å². The van der Waals surface area contributed by atoms with Crippen LogP contribution in [-0.4, -0.2) is 23.1 Å². The van der Waals surface area contributed by atoms with Crippen molar-refractivity contribution in [2.45, 2.75) is 20.3 Å². The molecule has 0 saturated heterocycles. The van der Waals surface area contributed by atoms with Crippen molar-refractivity contribution in [2.75, 3.05) is 23.7 Å². The summed E-state index contributed by atoms with van der Waals surface area (Å²) in [5, 5.41) is 7.96. The fraction of sp³-hybridized carbons (Fsp3) is 0.294. The smallest absolute Gasteiger partial charge is 0.138 e. The van der Waals surface area contributed by atoms with Crippen molar-refractivity contribution in [1.29, 1.82) is 0 Å². The predicted molar refractivity (Wildman–Crippen MR) is 95.0 cm³/mol. The van der Waals surface area contributed by atoms with Gasteiger partial charge in [-0.2, -0.15) is 0 Å². The minimum atomic E-state index is 0.819. The zero-order chi connectivity index (χ0) is 15.4. The van der Waals surface area contributed by atoms with Gasteiger partial charge in [0.2, 0.25) is 0 Å². The van der Waals surface area contributed by atoms with Gasteiger partial charge in [0.1, 0.15) is 16.5 Å². The summed E-state index contributed by atoms with van der Waals surface area (Å²) >= 11 is 1.73. The highest BCUT2D eigenvalue weighted by molar-refractivity contribution is 7.18. The Balaban J connectivity index is 1.68. The third-order valence-electron chi connectivity index (χ3n) is 3.40. The van der Waals surface area contributed by atoms with E-state index in [4.69, 9.17) is 0 Å². The summed E-state index contributed by atoms with van der Waals surface area (Å²) in [6.07, 6.45) is 0.851. The Labute approximate surface area is 134 Å². The lowest BCUT2D eigenvalue weighted by atomic mass is 10.3. The molecule has 0 bridgehead atoms. The highest BCUT2D eigenvalue weighted by Crippen LogP contribution is 2.28. The summed E-state index contributed by atoms with van der Waals surface area (Å²) in [6.45, 7) is 5.86. The molecule has 0 amide bonds. The Kier molecular flexibility index (Phi) is 4.53. The van der Waals surface area contributed by atoms with E-state index in [1.165, 1.54) is 4.88 Å². The molecule has 0 radical (unpaired) electrons. The average molecular weight is 312 g/mol. The van der Waals surface area contributed by atoms with Gasteiger partial charge in [0.05, 0.1) is 5.39 Å². The number of aryl methyl sites for hydroxylation is 2. The van der Waals surface area contributed by atoms with Crippen molar-refractivity contribution in [3.8, 4) is 0 Å². The topological polar surface area (TPSA) is 49.8 Å². The Hall–Kier alpha value is -2.14. The largest absolute Gasteiger partial charge is 0.383 e. The minimum Gasteiger partial charge on any atom is -0.383 e. The molecule has 0 aliphatic carbocycles. The number of aromatic nitrogens is 2. The summed E-state index contributed by atoms with van der Waals surface area (Å²) in [5.41, 5.74) is 1.14. The van der Waals surface area contributed by atoms with Crippen LogP contribution < -0.4 is 10.6 Å². The average Bonchev–Trinajstić information content (AvgIpc) is 2.92. The van der Waals surface area contributed by atoms with E-state index >= 15 is 0 Å².